The van der Waals surface area contributed by atoms with Gasteiger partial charge in [-0.05, 0) is 25.1 Å². The molecule has 0 spiro atoms. The van der Waals surface area contributed by atoms with Crippen molar-refractivity contribution >= 4 is 6.34 Å². The van der Waals surface area contributed by atoms with Crippen LogP contribution in [0, 0.1) is 6.92 Å². The van der Waals surface area contributed by atoms with Gasteiger partial charge < -0.3 is 10.1 Å². The van der Waals surface area contributed by atoms with Crippen molar-refractivity contribution in [3.63, 3.8) is 0 Å². The van der Waals surface area contributed by atoms with E-state index < -0.39 is 0 Å². The molecule has 0 amide bonds. The van der Waals surface area contributed by atoms with Crippen molar-refractivity contribution in [1.29, 1.82) is 0 Å². The molecule has 14 heavy (non-hydrogen) atoms. The molecule has 3 nitrogen and oxygen atoms in total. The lowest BCUT2D eigenvalue weighted by atomic mass is 10.2. The van der Waals surface area contributed by atoms with Gasteiger partial charge in [0, 0.05) is 6.20 Å². The van der Waals surface area contributed by atoms with E-state index in [1.165, 1.54) is 5.56 Å². The summed E-state index contributed by atoms with van der Waals surface area (Å²) in [5.41, 5.74) is 1.22. The maximum Gasteiger partial charge on any atom is 0.212 e. The molecular formula is C11H12N2O. The van der Waals surface area contributed by atoms with Gasteiger partial charge >= 0.3 is 0 Å². The summed E-state index contributed by atoms with van der Waals surface area (Å²) in [6, 6.07) is 7.93. The number of hydrogen-bond donors (Lipinski definition) is 1. The van der Waals surface area contributed by atoms with Crippen LogP contribution in [0.1, 0.15) is 5.56 Å². The van der Waals surface area contributed by atoms with Crippen LogP contribution in [0.2, 0.25) is 0 Å². The van der Waals surface area contributed by atoms with Crippen LogP contribution in [0.15, 0.2) is 41.5 Å². The number of nitrogens with zero attached hydrogens (tertiary/aromatic N) is 1. The van der Waals surface area contributed by atoms with Crippen molar-refractivity contribution in [1.82, 2.24) is 5.32 Å². The number of aryl methyl sites for hydroxylation is 1. The van der Waals surface area contributed by atoms with Crippen LogP contribution in [0.3, 0.4) is 0 Å². The molecule has 3 heteroatoms. The molecule has 1 aliphatic rings. The predicted molar refractivity (Wildman–Crippen MR) is 56.4 cm³/mol. The van der Waals surface area contributed by atoms with Crippen LogP contribution < -0.4 is 10.1 Å². The normalized spacial score (nSPS) is 19.1. The predicted octanol–water partition coefficient (Wildman–Crippen LogP) is 1.85. The molecule has 0 aromatic heterocycles. The molecule has 1 aromatic rings. The van der Waals surface area contributed by atoms with Crippen molar-refractivity contribution in [2.45, 2.75) is 13.2 Å². The molecule has 0 saturated heterocycles. The average molecular weight is 188 g/mol. The smallest absolute Gasteiger partial charge is 0.212 e. The summed E-state index contributed by atoms with van der Waals surface area (Å²) in [5.74, 6) is 0.837. The number of rotatable bonds is 2. The van der Waals surface area contributed by atoms with E-state index in [1.54, 1.807) is 6.34 Å². The van der Waals surface area contributed by atoms with Crippen LogP contribution in [-0.2, 0) is 0 Å². The van der Waals surface area contributed by atoms with Gasteiger partial charge in [-0.25, -0.2) is 4.99 Å². The summed E-state index contributed by atoms with van der Waals surface area (Å²) >= 11 is 0. The fraction of sp³-hybridized carbons (Fsp3) is 0.182. The van der Waals surface area contributed by atoms with E-state index in [1.807, 2.05) is 43.5 Å². The SMILES string of the molecule is Cc1ccc(OC2C=CNC=N2)cc1. The van der Waals surface area contributed by atoms with Gasteiger partial charge in [0.1, 0.15) is 5.75 Å². The number of ether oxygens (including phenoxy) is 1. The molecular weight excluding hydrogens is 176 g/mol. The second-order valence-corrected chi connectivity index (χ2v) is 3.13. The second kappa shape index (κ2) is 3.96. The third kappa shape index (κ3) is 2.13. The van der Waals surface area contributed by atoms with Crippen LogP contribution in [0.5, 0.6) is 5.75 Å². The van der Waals surface area contributed by atoms with E-state index in [-0.39, 0.29) is 6.23 Å². The summed E-state index contributed by atoms with van der Waals surface area (Å²) in [6.07, 6.45) is 5.09. The standard InChI is InChI=1S/C11H12N2O/c1-9-2-4-10(5-3-9)14-11-6-7-12-8-13-11/h2-8,11H,1H3,(H,12,13). The zero-order valence-electron chi connectivity index (χ0n) is 7.97. The maximum absolute atomic E-state index is 5.59. The molecule has 1 aromatic carbocycles. The largest absolute Gasteiger partial charge is 0.465 e. The highest BCUT2D eigenvalue weighted by Crippen LogP contribution is 2.14. The summed E-state index contributed by atoms with van der Waals surface area (Å²) in [7, 11) is 0. The molecule has 1 heterocycles. The monoisotopic (exact) mass is 188 g/mol. The zero-order valence-corrected chi connectivity index (χ0v) is 7.97. The summed E-state index contributed by atoms with van der Waals surface area (Å²) in [4.78, 5) is 4.10. The molecule has 2 rings (SSSR count). The zero-order chi connectivity index (χ0) is 9.80. The highest BCUT2D eigenvalue weighted by atomic mass is 16.5. The Labute approximate surface area is 83.1 Å². The summed E-state index contributed by atoms with van der Waals surface area (Å²) < 4.78 is 5.59. The molecule has 72 valence electrons. The first-order valence-corrected chi connectivity index (χ1v) is 4.52. The Morgan fingerprint density at radius 3 is 2.71 bits per heavy atom. The number of nitrogens with one attached hydrogen (secondary N) is 1. The van der Waals surface area contributed by atoms with Crippen molar-refractivity contribution in [3.05, 3.63) is 42.1 Å². The first-order chi connectivity index (χ1) is 6.84. The molecule has 0 saturated carbocycles. The van der Waals surface area contributed by atoms with E-state index >= 15 is 0 Å². The van der Waals surface area contributed by atoms with E-state index in [9.17, 15) is 0 Å². The van der Waals surface area contributed by atoms with Gasteiger partial charge in [0.05, 0.1) is 6.34 Å². The van der Waals surface area contributed by atoms with Gasteiger partial charge in [-0.2, -0.15) is 0 Å². The lowest BCUT2D eigenvalue weighted by molar-refractivity contribution is 0.258. The van der Waals surface area contributed by atoms with Gasteiger partial charge in [0.15, 0.2) is 0 Å². The van der Waals surface area contributed by atoms with Crippen LogP contribution in [-0.4, -0.2) is 12.6 Å². The molecule has 0 aliphatic carbocycles. The highest BCUT2D eigenvalue weighted by molar-refractivity contribution is 5.57. The lowest BCUT2D eigenvalue weighted by Crippen LogP contribution is -2.18. The number of hydrogen-bond acceptors (Lipinski definition) is 3. The first kappa shape index (κ1) is 8.81. The Balaban J connectivity index is 2.03. The molecule has 0 radical (unpaired) electrons. The number of aliphatic imine (C=N–C) groups is 1. The summed E-state index contributed by atoms with van der Waals surface area (Å²) in [6.45, 7) is 2.05. The van der Waals surface area contributed by atoms with Crippen molar-refractivity contribution in [2.75, 3.05) is 0 Å². The van der Waals surface area contributed by atoms with Crippen molar-refractivity contribution in [3.8, 4) is 5.75 Å². The average Bonchev–Trinajstić information content (AvgIpc) is 2.23. The summed E-state index contributed by atoms with van der Waals surface area (Å²) in [5, 5.41) is 2.86. The maximum atomic E-state index is 5.59. The topological polar surface area (TPSA) is 33.6 Å². The minimum atomic E-state index is -0.209. The Morgan fingerprint density at radius 1 is 1.29 bits per heavy atom. The molecule has 1 unspecified atom stereocenters. The first-order valence-electron chi connectivity index (χ1n) is 4.52. The Morgan fingerprint density at radius 2 is 2.07 bits per heavy atom. The third-order valence-corrected chi connectivity index (χ3v) is 1.93. The molecule has 0 fully saturated rings. The van der Waals surface area contributed by atoms with E-state index in [2.05, 4.69) is 10.3 Å². The number of benzene rings is 1. The molecule has 0 bridgehead atoms. The van der Waals surface area contributed by atoms with Gasteiger partial charge in [-0.3, -0.25) is 0 Å². The molecule has 1 atom stereocenters. The fourth-order valence-electron chi connectivity index (χ4n) is 1.17. The van der Waals surface area contributed by atoms with E-state index in [4.69, 9.17) is 4.74 Å². The van der Waals surface area contributed by atoms with Crippen LogP contribution in [0.4, 0.5) is 0 Å². The third-order valence-electron chi connectivity index (χ3n) is 1.93. The van der Waals surface area contributed by atoms with Gasteiger partial charge in [-0.15, -0.1) is 0 Å². The van der Waals surface area contributed by atoms with Crippen molar-refractivity contribution in [2.24, 2.45) is 4.99 Å². The Bertz CT molecular complexity index is 342. The van der Waals surface area contributed by atoms with Crippen LogP contribution >= 0.6 is 0 Å². The van der Waals surface area contributed by atoms with Crippen LogP contribution in [0.25, 0.3) is 0 Å². The minimum absolute atomic E-state index is 0.209. The minimum Gasteiger partial charge on any atom is -0.465 e. The Hall–Kier alpha value is -1.77. The van der Waals surface area contributed by atoms with E-state index in [0.717, 1.165) is 5.75 Å². The van der Waals surface area contributed by atoms with Gasteiger partial charge in [0.2, 0.25) is 6.23 Å². The molecule has 1 N–H and O–H groups in total. The van der Waals surface area contributed by atoms with E-state index in [0.29, 0.717) is 0 Å². The molecule has 1 aliphatic heterocycles. The lowest BCUT2D eigenvalue weighted by Gasteiger charge is -2.13. The Kier molecular flexibility index (Phi) is 2.49. The van der Waals surface area contributed by atoms with Crippen molar-refractivity contribution < 1.29 is 4.74 Å². The highest BCUT2D eigenvalue weighted by Gasteiger charge is 2.04. The van der Waals surface area contributed by atoms with Gasteiger partial charge in [0.25, 0.3) is 0 Å². The quantitative estimate of drug-likeness (QED) is 0.768. The van der Waals surface area contributed by atoms with Gasteiger partial charge in [-0.1, -0.05) is 17.7 Å². The fourth-order valence-corrected chi connectivity index (χ4v) is 1.17. The second-order valence-electron chi connectivity index (χ2n) is 3.13.